The number of amides is 1. The van der Waals surface area contributed by atoms with Gasteiger partial charge in [0.2, 0.25) is 10.0 Å². The van der Waals surface area contributed by atoms with Crippen LogP contribution in [0.5, 0.6) is 0 Å². The van der Waals surface area contributed by atoms with E-state index in [1.165, 1.54) is 4.31 Å². The van der Waals surface area contributed by atoms with Crippen LogP contribution in [0.15, 0.2) is 24.3 Å². The molecule has 126 valence electrons. The van der Waals surface area contributed by atoms with Crippen LogP contribution in [-0.2, 0) is 14.8 Å². The fraction of sp³-hybridized carbons (Fsp3) is 0.562. The molecule has 0 unspecified atom stereocenters. The molecule has 1 amide bonds. The summed E-state index contributed by atoms with van der Waals surface area (Å²) in [6, 6.07) is 6.91. The van der Waals surface area contributed by atoms with Crippen LogP contribution in [0.3, 0.4) is 0 Å². The summed E-state index contributed by atoms with van der Waals surface area (Å²) >= 11 is 0. The average molecular weight is 338 g/mol. The molecule has 0 saturated carbocycles. The maximum Gasteiger partial charge on any atom is 0.254 e. The number of hydrogen-bond donors (Lipinski definition) is 0. The van der Waals surface area contributed by atoms with E-state index in [1.54, 1.807) is 29.2 Å². The fourth-order valence-electron chi connectivity index (χ4n) is 3.08. The van der Waals surface area contributed by atoms with Gasteiger partial charge >= 0.3 is 0 Å². The zero-order valence-electron chi connectivity index (χ0n) is 13.4. The molecule has 0 aromatic heterocycles. The second kappa shape index (κ2) is 6.13. The molecular weight excluding hydrogens is 316 g/mol. The van der Waals surface area contributed by atoms with Gasteiger partial charge in [0.1, 0.15) is 0 Å². The van der Waals surface area contributed by atoms with Gasteiger partial charge in [-0.2, -0.15) is 0 Å². The zero-order valence-corrected chi connectivity index (χ0v) is 14.3. The maximum atomic E-state index is 12.8. The highest BCUT2D eigenvalue weighted by molar-refractivity contribution is 7.93. The molecule has 23 heavy (non-hydrogen) atoms. The van der Waals surface area contributed by atoms with E-state index in [1.807, 2.05) is 13.8 Å². The van der Waals surface area contributed by atoms with Gasteiger partial charge in [0.05, 0.1) is 30.2 Å². The SMILES string of the molecule is C[C@@H]1CN(C(=O)c2cccc(N3CCCS3(=O)=O)c2)[C@@H](C)CO1. The van der Waals surface area contributed by atoms with Crippen molar-refractivity contribution in [2.24, 2.45) is 0 Å². The van der Waals surface area contributed by atoms with Crippen molar-refractivity contribution in [3.63, 3.8) is 0 Å². The Bertz CT molecular complexity index is 704. The van der Waals surface area contributed by atoms with Gasteiger partial charge < -0.3 is 9.64 Å². The van der Waals surface area contributed by atoms with Gasteiger partial charge in [-0.15, -0.1) is 0 Å². The van der Waals surface area contributed by atoms with Crippen molar-refractivity contribution in [3.8, 4) is 0 Å². The molecule has 3 rings (SSSR count). The number of ether oxygens (including phenoxy) is 1. The highest BCUT2D eigenvalue weighted by atomic mass is 32.2. The first-order valence-corrected chi connectivity index (χ1v) is 9.52. The van der Waals surface area contributed by atoms with Crippen molar-refractivity contribution in [3.05, 3.63) is 29.8 Å². The van der Waals surface area contributed by atoms with Crippen LogP contribution in [0.4, 0.5) is 5.69 Å². The first-order valence-electron chi connectivity index (χ1n) is 7.91. The predicted molar refractivity (Wildman–Crippen MR) is 88.1 cm³/mol. The molecular formula is C16H22N2O4S. The number of morpholine rings is 1. The minimum atomic E-state index is -3.24. The van der Waals surface area contributed by atoms with E-state index >= 15 is 0 Å². The van der Waals surface area contributed by atoms with Crippen molar-refractivity contribution < 1.29 is 17.9 Å². The lowest BCUT2D eigenvalue weighted by Crippen LogP contribution is -2.50. The molecule has 0 aliphatic carbocycles. The number of carbonyl (C=O) groups excluding carboxylic acids is 1. The second-order valence-corrected chi connectivity index (χ2v) is 8.26. The van der Waals surface area contributed by atoms with Crippen molar-refractivity contribution in [2.75, 3.05) is 29.8 Å². The van der Waals surface area contributed by atoms with Crippen LogP contribution in [-0.4, -0.2) is 56.8 Å². The van der Waals surface area contributed by atoms with Gasteiger partial charge in [-0.05, 0) is 38.5 Å². The van der Waals surface area contributed by atoms with Gasteiger partial charge in [-0.1, -0.05) is 6.07 Å². The molecule has 2 aliphatic heterocycles. The van der Waals surface area contributed by atoms with Crippen LogP contribution in [0.2, 0.25) is 0 Å². The summed E-state index contributed by atoms with van der Waals surface area (Å²) in [5.74, 6) is 0.0921. The minimum absolute atomic E-state index is 0.0114. The predicted octanol–water partition coefficient (Wildman–Crippen LogP) is 1.48. The lowest BCUT2D eigenvalue weighted by Gasteiger charge is -2.37. The first-order chi connectivity index (χ1) is 10.9. The lowest BCUT2D eigenvalue weighted by molar-refractivity contribution is -0.0387. The minimum Gasteiger partial charge on any atom is -0.375 e. The standard InChI is InChI=1S/C16H22N2O4S/c1-12-11-22-13(2)10-17(12)16(19)14-5-3-6-15(9-14)18-7-4-8-23(18,20)21/h3,5-6,9,12-13H,4,7-8,10-11H2,1-2H3/t12-,13+/m0/s1. The van der Waals surface area contributed by atoms with E-state index in [0.29, 0.717) is 37.4 Å². The highest BCUT2D eigenvalue weighted by Gasteiger charge is 2.31. The Labute approximate surface area is 137 Å². The van der Waals surface area contributed by atoms with E-state index in [9.17, 15) is 13.2 Å². The normalized spacial score (nSPS) is 27.2. The summed E-state index contributed by atoms with van der Waals surface area (Å²) in [7, 11) is -3.24. The molecule has 2 saturated heterocycles. The summed E-state index contributed by atoms with van der Waals surface area (Å²) in [5, 5.41) is 0. The molecule has 1 aromatic carbocycles. The Morgan fingerprint density at radius 2 is 2.09 bits per heavy atom. The Morgan fingerprint density at radius 3 is 2.78 bits per heavy atom. The molecule has 2 aliphatic rings. The van der Waals surface area contributed by atoms with Crippen molar-refractivity contribution >= 4 is 21.6 Å². The lowest BCUT2D eigenvalue weighted by atomic mass is 10.1. The van der Waals surface area contributed by atoms with Crippen molar-refractivity contribution in [2.45, 2.75) is 32.4 Å². The fourth-order valence-corrected chi connectivity index (χ4v) is 4.63. The van der Waals surface area contributed by atoms with E-state index in [4.69, 9.17) is 4.74 Å². The van der Waals surface area contributed by atoms with Gasteiger partial charge in [-0.3, -0.25) is 9.10 Å². The van der Waals surface area contributed by atoms with Crippen LogP contribution in [0, 0.1) is 0 Å². The van der Waals surface area contributed by atoms with E-state index in [0.717, 1.165) is 0 Å². The van der Waals surface area contributed by atoms with Crippen LogP contribution >= 0.6 is 0 Å². The van der Waals surface area contributed by atoms with Gasteiger partial charge in [0, 0.05) is 18.7 Å². The van der Waals surface area contributed by atoms with Crippen LogP contribution in [0.25, 0.3) is 0 Å². The van der Waals surface area contributed by atoms with Crippen molar-refractivity contribution in [1.29, 1.82) is 0 Å². The number of sulfonamides is 1. The summed E-state index contributed by atoms with van der Waals surface area (Å²) in [4.78, 5) is 14.6. The van der Waals surface area contributed by atoms with E-state index < -0.39 is 10.0 Å². The number of rotatable bonds is 2. The average Bonchev–Trinajstić information content (AvgIpc) is 2.88. The number of nitrogens with zero attached hydrogens (tertiary/aromatic N) is 2. The Morgan fingerprint density at radius 1 is 1.30 bits per heavy atom. The zero-order chi connectivity index (χ0) is 16.6. The van der Waals surface area contributed by atoms with Gasteiger partial charge in [-0.25, -0.2) is 8.42 Å². The van der Waals surface area contributed by atoms with Crippen LogP contribution in [0.1, 0.15) is 30.6 Å². The molecule has 2 fully saturated rings. The molecule has 0 spiro atoms. The quantitative estimate of drug-likeness (QED) is 0.819. The molecule has 2 atom stereocenters. The second-order valence-electron chi connectivity index (χ2n) is 6.24. The molecule has 2 heterocycles. The summed E-state index contributed by atoms with van der Waals surface area (Å²) in [6.45, 7) is 5.45. The Balaban J connectivity index is 1.86. The summed E-state index contributed by atoms with van der Waals surface area (Å²) in [5.41, 5.74) is 1.09. The molecule has 0 N–H and O–H groups in total. The smallest absolute Gasteiger partial charge is 0.254 e. The van der Waals surface area contributed by atoms with Crippen LogP contribution < -0.4 is 4.31 Å². The maximum absolute atomic E-state index is 12.8. The molecule has 1 aromatic rings. The largest absolute Gasteiger partial charge is 0.375 e. The molecule has 6 nitrogen and oxygen atoms in total. The topological polar surface area (TPSA) is 66.9 Å². The number of hydrogen-bond acceptors (Lipinski definition) is 4. The summed E-state index contributed by atoms with van der Waals surface area (Å²) < 4.78 is 31.1. The van der Waals surface area contributed by atoms with E-state index in [2.05, 4.69) is 0 Å². The third-order valence-corrected chi connectivity index (χ3v) is 6.22. The third-order valence-electron chi connectivity index (χ3n) is 4.35. The number of benzene rings is 1. The third kappa shape index (κ3) is 3.21. The van der Waals surface area contributed by atoms with Crippen molar-refractivity contribution in [1.82, 2.24) is 4.90 Å². The number of carbonyl (C=O) groups is 1. The highest BCUT2D eigenvalue weighted by Crippen LogP contribution is 2.26. The Hall–Kier alpha value is -1.60. The van der Waals surface area contributed by atoms with Gasteiger partial charge in [0.15, 0.2) is 0 Å². The Kier molecular flexibility index (Phi) is 4.33. The van der Waals surface area contributed by atoms with E-state index in [-0.39, 0.29) is 23.8 Å². The number of anilines is 1. The molecule has 7 heteroatoms. The monoisotopic (exact) mass is 338 g/mol. The first kappa shape index (κ1) is 16.3. The summed E-state index contributed by atoms with van der Waals surface area (Å²) in [6.07, 6.45) is 0.635. The molecule has 0 bridgehead atoms. The van der Waals surface area contributed by atoms with Gasteiger partial charge in [0.25, 0.3) is 5.91 Å². The molecule has 0 radical (unpaired) electrons.